The van der Waals surface area contributed by atoms with Crippen LogP contribution in [0.4, 0.5) is 0 Å². The standard InChI is InChI=1S/C12H9Cl3N2O/c13-8-4-10(15)9(14)3-7(8)12-6-1-2-18-5-11(6)16-17-12/h3-4H,1-2,5H2,(H,16,17). The molecule has 0 bridgehead atoms. The summed E-state index contributed by atoms with van der Waals surface area (Å²) in [4.78, 5) is 0. The first-order valence-corrected chi connectivity index (χ1v) is 6.59. The summed E-state index contributed by atoms with van der Waals surface area (Å²) in [6.07, 6.45) is 0.817. The monoisotopic (exact) mass is 302 g/mol. The Morgan fingerprint density at radius 2 is 1.89 bits per heavy atom. The van der Waals surface area contributed by atoms with Gasteiger partial charge in [0, 0.05) is 11.1 Å². The van der Waals surface area contributed by atoms with Gasteiger partial charge in [-0.05, 0) is 18.6 Å². The van der Waals surface area contributed by atoms with E-state index in [1.807, 2.05) is 0 Å². The van der Waals surface area contributed by atoms with Crippen LogP contribution >= 0.6 is 34.8 Å². The van der Waals surface area contributed by atoms with E-state index in [9.17, 15) is 0 Å². The highest BCUT2D eigenvalue weighted by Crippen LogP contribution is 2.37. The van der Waals surface area contributed by atoms with E-state index in [0.29, 0.717) is 28.3 Å². The number of hydrogen-bond donors (Lipinski definition) is 1. The molecule has 6 heteroatoms. The Morgan fingerprint density at radius 1 is 1.11 bits per heavy atom. The van der Waals surface area contributed by atoms with Gasteiger partial charge in [-0.3, -0.25) is 5.10 Å². The van der Waals surface area contributed by atoms with Gasteiger partial charge in [0.2, 0.25) is 0 Å². The average Bonchev–Trinajstić information content (AvgIpc) is 2.78. The SMILES string of the molecule is Clc1cc(Cl)c(-c2n[nH]c3c2CCOC3)cc1Cl. The van der Waals surface area contributed by atoms with Gasteiger partial charge in [0.25, 0.3) is 0 Å². The molecule has 0 unspecified atom stereocenters. The van der Waals surface area contributed by atoms with Crippen molar-refractivity contribution in [2.45, 2.75) is 13.0 Å². The lowest BCUT2D eigenvalue weighted by molar-refractivity contribution is 0.108. The Kier molecular flexibility index (Phi) is 3.24. The summed E-state index contributed by atoms with van der Waals surface area (Å²) < 4.78 is 5.37. The average molecular weight is 304 g/mol. The van der Waals surface area contributed by atoms with Gasteiger partial charge in [0.05, 0.1) is 39.7 Å². The number of fused-ring (bicyclic) bond motifs is 1. The van der Waals surface area contributed by atoms with Gasteiger partial charge in [0.1, 0.15) is 0 Å². The quantitative estimate of drug-likeness (QED) is 0.805. The van der Waals surface area contributed by atoms with E-state index in [1.165, 1.54) is 0 Å². The normalized spacial score (nSPS) is 14.6. The summed E-state index contributed by atoms with van der Waals surface area (Å²) in [5.74, 6) is 0. The molecule has 1 aromatic heterocycles. The number of aromatic amines is 1. The molecule has 1 aliphatic heterocycles. The Bertz CT molecular complexity index is 610. The number of H-pyrrole nitrogens is 1. The number of nitrogens with zero attached hydrogens (tertiary/aromatic N) is 1. The summed E-state index contributed by atoms with van der Waals surface area (Å²) in [5, 5.41) is 8.75. The van der Waals surface area contributed by atoms with Crippen molar-refractivity contribution in [3.63, 3.8) is 0 Å². The fourth-order valence-corrected chi connectivity index (χ4v) is 2.70. The van der Waals surface area contributed by atoms with Gasteiger partial charge in [0.15, 0.2) is 0 Å². The minimum Gasteiger partial charge on any atom is -0.375 e. The molecule has 1 aromatic carbocycles. The zero-order valence-electron chi connectivity index (χ0n) is 9.27. The number of ether oxygens (including phenoxy) is 1. The van der Waals surface area contributed by atoms with Gasteiger partial charge in [-0.25, -0.2) is 0 Å². The molecule has 2 heterocycles. The lowest BCUT2D eigenvalue weighted by Crippen LogP contribution is -2.08. The van der Waals surface area contributed by atoms with Gasteiger partial charge in [-0.1, -0.05) is 34.8 Å². The zero-order valence-corrected chi connectivity index (χ0v) is 11.5. The third-order valence-corrected chi connectivity index (χ3v) is 4.00. The van der Waals surface area contributed by atoms with E-state index in [-0.39, 0.29) is 0 Å². The van der Waals surface area contributed by atoms with E-state index in [0.717, 1.165) is 28.9 Å². The van der Waals surface area contributed by atoms with Crippen molar-refractivity contribution >= 4 is 34.8 Å². The third kappa shape index (κ3) is 2.01. The summed E-state index contributed by atoms with van der Waals surface area (Å²) in [6, 6.07) is 3.39. The van der Waals surface area contributed by atoms with E-state index in [1.54, 1.807) is 12.1 Å². The largest absolute Gasteiger partial charge is 0.375 e. The van der Waals surface area contributed by atoms with E-state index >= 15 is 0 Å². The zero-order chi connectivity index (χ0) is 12.7. The number of halogens is 3. The molecular weight excluding hydrogens is 295 g/mol. The van der Waals surface area contributed by atoms with Gasteiger partial charge < -0.3 is 4.74 Å². The van der Waals surface area contributed by atoms with Crippen LogP contribution in [-0.4, -0.2) is 16.8 Å². The van der Waals surface area contributed by atoms with Crippen LogP contribution in [0, 0.1) is 0 Å². The highest BCUT2D eigenvalue weighted by molar-refractivity contribution is 6.44. The van der Waals surface area contributed by atoms with Crippen LogP contribution in [0.5, 0.6) is 0 Å². The Morgan fingerprint density at radius 3 is 2.72 bits per heavy atom. The maximum atomic E-state index is 6.21. The smallest absolute Gasteiger partial charge is 0.0972 e. The third-order valence-electron chi connectivity index (χ3n) is 2.96. The van der Waals surface area contributed by atoms with Crippen molar-refractivity contribution in [1.82, 2.24) is 10.2 Å². The second kappa shape index (κ2) is 4.74. The Hall–Kier alpha value is -0.740. The second-order valence-corrected chi connectivity index (χ2v) is 5.30. The highest BCUT2D eigenvalue weighted by atomic mass is 35.5. The van der Waals surface area contributed by atoms with Crippen molar-refractivity contribution in [3.8, 4) is 11.3 Å². The molecule has 0 spiro atoms. The predicted octanol–water partition coefficient (Wildman–Crippen LogP) is 4.11. The molecule has 18 heavy (non-hydrogen) atoms. The molecule has 2 aromatic rings. The van der Waals surface area contributed by atoms with Crippen LogP contribution < -0.4 is 0 Å². The molecule has 0 atom stereocenters. The maximum absolute atomic E-state index is 6.21. The fourth-order valence-electron chi connectivity index (χ4n) is 2.07. The molecule has 1 aliphatic rings. The van der Waals surface area contributed by atoms with Crippen LogP contribution in [0.25, 0.3) is 11.3 Å². The first-order chi connectivity index (χ1) is 8.66. The number of benzene rings is 1. The second-order valence-electron chi connectivity index (χ2n) is 4.08. The van der Waals surface area contributed by atoms with Crippen LogP contribution in [0.2, 0.25) is 15.1 Å². The Labute approximate surface area is 119 Å². The van der Waals surface area contributed by atoms with E-state index in [2.05, 4.69) is 10.2 Å². The number of hydrogen-bond acceptors (Lipinski definition) is 2. The first kappa shape index (κ1) is 12.3. The number of nitrogens with one attached hydrogen (secondary N) is 1. The van der Waals surface area contributed by atoms with E-state index in [4.69, 9.17) is 39.5 Å². The predicted molar refractivity (Wildman–Crippen MR) is 72.4 cm³/mol. The molecule has 0 saturated heterocycles. The molecule has 0 aliphatic carbocycles. The summed E-state index contributed by atoms with van der Waals surface area (Å²) >= 11 is 18.2. The topological polar surface area (TPSA) is 37.9 Å². The molecule has 0 saturated carbocycles. The molecule has 3 rings (SSSR count). The first-order valence-electron chi connectivity index (χ1n) is 5.45. The lowest BCUT2D eigenvalue weighted by Gasteiger charge is -2.13. The van der Waals surface area contributed by atoms with Crippen LogP contribution in [0.15, 0.2) is 12.1 Å². The number of aromatic nitrogens is 2. The van der Waals surface area contributed by atoms with Gasteiger partial charge in [-0.15, -0.1) is 0 Å². The van der Waals surface area contributed by atoms with Crippen molar-refractivity contribution in [1.29, 1.82) is 0 Å². The van der Waals surface area contributed by atoms with Crippen molar-refractivity contribution in [2.24, 2.45) is 0 Å². The van der Waals surface area contributed by atoms with E-state index < -0.39 is 0 Å². The fraction of sp³-hybridized carbons (Fsp3) is 0.250. The molecular formula is C12H9Cl3N2O. The maximum Gasteiger partial charge on any atom is 0.0972 e. The number of rotatable bonds is 1. The molecule has 3 nitrogen and oxygen atoms in total. The minimum atomic E-state index is 0.443. The summed E-state index contributed by atoms with van der Waals surface area (Å²) in [7, 11) is 0. The molecule has 0 fully saturated rings. The molecule has 94 valence electrons. The molecule has 0 radical (unpaired) electrons. The van der Waals surface area contributed by atoms with Crippen LogP contribution in [-0.2, 0) is 17.8 Å². The van der Waals surface area contributed by atoms with Gasteiger partial charge >= 0.3 is 0 Å². The van der Waals surface area contributed by atoms with Crippen LogP contribution in [0.1, 0.15) is 11.3 Å². The lowest BCUT2D eigenvalue weighted by atomic mass is 10.0. The van der Waals surface area contributed by atoms with Crippen molar-refractivity contribution in [3.05, 3.63) is 38.5 Å². The molecule has 0 amide bonds. The van der Waals surface area contributed by atoms with Crippen molar-refractivity contribution in [2.75, 3.05) is 6.61 Å². The summed E-state index contributed by atoms with van der Waals surface area (Å²) in [6.45, 7) is 1.25. The molecule has 1 N–H and O–H groups in total. The highest BCUT2D eigenvalue weighted by Gasteiger charge is 2.20. The van der Waals surface area contributed by atoms with Crippen LogP contribution in [0.3, 0.4) is 0 Å². The summed E-state index contributed by atoms with van der Waals surface area (Å²) in [5.41, 5.74) is 3.77. The van der Waals surface area contributed by atoms with Crippen molar-refractivity contribution < 1.29 is 4.74 Å². The van der Waals surface area contributed by atoms with Gasteiger partial charge in [-0.2, -0.15) is 5.10 Å². The minimum absolute atomic E-state index is 0.443. The Balaban J connectivity index is 2.15.